The van der Waals surface area contributed by atoms with E-state index in [1.165, 1.54) is 25.7 Å². The van der Waals surface area contributed by atoms with E-state index in [1.807, 2.05) is 0 Å². The average molecular weight is 281 g/mol. The predicted octanol–water partition coefficient (Wildman–Crippen LogP) is 1.71. The van der Waals surface area contributed by atoms with Crippen LogP contribution in [0.4, 0.5) is 0 Å². The van der Waals surface area contributed by atoms with E-state index in [4.69, 9.17) is 0 Å². The highest BCUT2D eigenvalue weighted by Crippen LogP contribution is 2.17. The zero-order chi connectivity index (χ0) is 14.4. The van der Waals surface area contributed by atoms with Crippen LogP contribution in [0.25, 0.3) is 0 Å². The standard InChI is InChI=1S/C16H31N3O/c1-3-10-19(15-4-8-17-9-5-15)13-16(20)18-11-6-14(2)7-12-18/h14-15,17H,3-13H2,1-2H3. The molecule has 4 heteroatoms. The van der Waals surface area contributed by atoms with Crippen molar-refractivity contribution >= 4 is 5.91 Å². The molecule has 0 spiro atoms. The van der Waals surface area contributed by atoms with Gasteiger partial charge in [-0.2, -0.15) is 0 Å². The number of amides is 1. The summed E-state index contributed by atoms with van der Waals surface area (Å²) in [6, 6.07) is 0.601. The Kier molecular flexibility index (Phi) is 6.30. The number of piperidine rings is 2. The van der Waals surface area contributed by atoms with Gasteiger partial charge in [-0.1, -0.05) is 13.8 Å². The van der Waals surface area contributed by atoms with Gasteiger partial charge in [-0.25, -0.2) is 0 Å². The Morgan fingerprint density at radius 2 is 1.85 bits per heavy atom. The van der Waals surface area contributed by atoms with Crippen LogP contribution in [0.3, 0.4) is 0 Å². The van der Waals surface area contributed by atoms with Gasteiger partial charge in [0.1, 0.15) is 0 Å². The van der Waals surface area contributed by atoms with Crippen LogP contribution in [0, 0.1) is 5.92 Å². The zero-order valence-electron chi connectivity index (χ0n) is 13.2. The molecule has 1 amide bonds. The summed E-state index contributed by atoms with van der Waals surface area (Å²) in [5, 5.41) is 3.41. The van der Waals surface area contributed by atoms with Crippen molar-refractivity contribution in [1.29, 1.82) is 0 Å². The molecule has 0 aromatic heterocycles. The van der Waals surface area contributed by atoms with Crippen LogP contribution < -0.4 is 5.32 Å². The third kappa shape index (κ3) is 4.45. The molecule has 20 heavy (non-hydrogen) atoms. The normalized spacial score (nSPS) is 22.4. The van der Waals surface area contributed by atoms with Gasteiger partial charge in [0, 0.05) is 19.1 Å². The third-order valence-corrected chi connectivity index (χ3v) is 4.81. The van der Waals surface area contributed by atoms with Crippen LogP contribution >= 0.6 is 0 Å². The van der Waals surface area contributed by atoms with Crippen molar-refractivity contribution in [2.45, 2.75) is 52.0 Å². The number of rotatable bonds is 5. The lowest BCUT2D eigenvalue weighted by Gasteiger charge is -2.37. The van der Waals surface area contributed by atoms with E-state index in [2.05, 4.69) is 29.0 Å². The van der Waals surface area contributed by atoms with E-state index in [0.717, 1.165) is 45.1 Å². The van der Waals surface area contributed by atoms with Gasteiger partial charge in [0.2, 0.25) is 5.91 Å². The highest BCUT2D eigenvalue weighted by molar-refractivity contribution is 5.78. The van der Waals surface area contributed by atoms with Gasteiger partial charge in [-0.3, -0.25) is 9.69 Å². The fourth-order valence-electron chi connectivity index (χ4n) is 3.38. The Hall–Kier alpha value is -0.610. The van der Waals surface area contributed by atoms with E-state index >= 15 is 0 Å². The number of likely N-dealkylation sites (tertiary alicyclic amines) is 1. The second kappa shape index (κ2) is 7.99. The number of carbonyl (C=O) groups excluding carboxylic acids is 1. The Morgan fingerprint density at radius 3 is 2.45 bits per heavy atom. The summed E-state index contributed by atoms with van der Waals surface area (Å²) in [6.45, 7) is 10.3. The fraction of sp³-hybridized carbons (Fsp3) is 0.938. The first kappa shape index (κ1) is 15.8. The lowest BCUT2D eigenvalue weighted by Crippen LogP contribution is -2.49. The average Bonchev–Trinajstić information content (AvgIpc) is 2.48. The second-order valence-electron chi connectivity index (χ2n) is 6.51. The molecule has 0 atom stereocenters. The van der Waals surface area contributed by atoms with Gasteiger partial charge >= 0.3 is 0 Å². The van der Waals surface area contributed by atoms with E-state index in [0.29, 0.717) is 18.5 Å². The second-order valence-corrected chi connectivity index (χ2v) is 6.51. The molecule has 2 heterocycles. The molecule has 116 valence electrons. The number of hydrogen-bond donors (Lipinski definition) is 1. The number of nitrogens with zero attached hydrogens (tertiary/aromatic N) is 2. The molecule has 0 aliphatic carbocycles. The van der Waals surface area contributed by atoms with Gasteiger partial charge in [-0.15, -0.1) is 0 Å². The van der Waals surface area contributed by atoms with Crippen molar-refractivity contribution in [3.63, 3.8) is 0 Å². The van der Waals surface area contributed by atoms with Gasteiger partial charge in [0.15, 0.2) is 0 Å². The predicted molar refractivity (Wildman–Crippen MR) is 82.7 cm³/mol. The molecule has 2 aliphatic rings. The molecule has 2 aliphatic heterocycles. The van der Waals surface area contributed by atoms with Gasteiger partial charge in [0.25, 0.3) is 0 Å². The first-order valence-corrected chi connectivity index (χ1v) is 8.43. The van der Waals surface area contributed by atoms with Gasteiger partial charge < -0.3 is 10.2 Å². The maximum absolute atomic E-state index is 12.5. The summed E-state index contributed by atoms with van der Waals surface area (Å²) >= 11 is 0. The summed E-state index contributed by atoms with van der Waals surface area (Å²) < 4.78 is 0. The van der Waals surface area contributed by atoms with Crippen molar-refractivity contribution in [1.82, 2.24) is 15.1 Å². The molecule has 0 aromatic carbocycles. The monoisotopic (exact) mass is 281 g/mol. The maximum Gasteiger partial charge on any atom is 0.236 e. The Morgan fingerprint density at radius 1 is 1.20 bits per heavy atom. The molecule has 2 saturated heterocycles. The Labute approximate surface area is 123 Å². The van der Waals surface area contributed by atoms with E-state index in [1.54, 1.807) is 0 Å². The van der Waals surface area contributed by atoms with E-state index in [9.17, 15) is 4.79 Å². The molecule has 2 rings (SSSR count). The van der Waals surface area contributed by atoms with Crippen molar-refractivity contribution in [2.24, 2.45) is 5.92 Å². The Bertz CT molecular complexity index is 294. The summed E-state index contributed by atoms with van der Waals surface area (Å²) in [6.07, 6.45) is 5.85. The highest BCUT2D eigenvalue weighted by Gasteiger charge is 2.26. The van der Waals surface area contributed by atoms with Crippen molar-refractivity contribution in [3.8, 4) is 0 Å². The number of nitrogens with one attached hydrogen (secondary N) is 1. The van der Waals surface area contributed by atoms with Crippen LogP contribution in [0.1, 0.15) is 46.0 Å². The lowest BCUT2D eigenvalue weighted by atomic mass is 9.99. The SMILES string of the molecule is CCCN(CC(=O)N1CCC(C)CC1)C1CCNCC1. The van der Waals surface area contributed by atoms with Crippen LogP contribution in [0.2, 0.25) is 0 Å². The summed E-state index contributed by atoms with van der Waals surface area (Å²) in [5.74, 6) is 1.14. The smallest absolute Gasteiger partial charge is 0.236 e. The molecule has 0 unspecified atom stereocenters. The van der Waals surface area contributed by atoms with Crippen LogP contribution in [-0.2, 0) is 4.79 Å². The molecule has 0 radical (unpaired) electrons. The molecule has 2 fully saturated rings. The topological polar surface area (TPSA) is 35.6 Å². The van der Waals surface area contributed by atoms with E-state index in [-0.39, 0.29) is 0 Å². The minimum atomic E-state index is 0.351. The molecule has 0 saturated carbocycles. The van der Waals surface area contributed by atoms with Crippen molar-refractivity contribution in [2.75, 3.05) is 39.3 Å². The van der Waals surface area contributed by atoms with E-state index < -0.39 is 0 Å². The summed E-state index contributed by atoms with van der Waals surface area (Å²) in [5.41, 5.74) is 0. The first-order valence-electron chi connectivity index (χ1n) is 8.43. The molecule has 0 aromatic rings. The maximum atomic E-state index is 12.5. The van der Waals surface area contributed by atoms with Gasteiger partial charge in [-0.05, 0) is 57.7 Å². The first-order chi connectivity index (χ1) is 9.70. The summed E-state index contributed by atoms with van der Waals surface area (Å²) in [4.78, 5) is 17.0. The minimum Gasteiger partial charge on any atom is -0.342 e. The van der Waals surface area contributed by atoms with Crippen molar-refractivity contribution < 1.29 is 4.79 Å². The van der Waals surface area contributed by atoms with Crippen LogP contribution in [-0.4, -0.2) is 61.0 Å². The fourth-order valence-corrected chi connectivity index (χ4v) is 3.38. The quantitative estimate of drug-likeness (QED) is 0.833. The Balaban J connectivity index is 1.84. The van der Waals surface area contributed by atoms with Crippen LogP contribution in [0.15, 0.2) is 0 Å². The number of carbonyl (C=O) groups is 1. The van der Waals surface area contributed by atoms with Crippen molar-refractivity contribution in [3.05, 3.63) is 0 Å². The van der Waals surface area contributed by atoms with Crippen LogP contribution in [0.5, 0.6) is 0 Å². The minimum absolute atomic E-state index is 0.351. The zero-order valence-corrected chi connectivity index (χ0v) is 13.2. The molecular weight excluding hydrogens is 250 g/mol. The summed E-state index contributed by atoms with van der Waals surface area (Å²) in [7, 11) is 0. The number of hydrogen-bond acceptors (Lipinski definition) is 3. The molecular formula is C16H31N3O. The van der Waals surface area contributed by atoms with Gasteiger partial charge in [0.05, 0.1) is 6.54 Å². The molecule has 1 N–H and O–H groups in total. The highest BCUT2D eigenvalue weighted by atomic mass is 16.2. The molecule has 0 bridgehead atoms. The molecule has 4 nitrogen and oxygen atoms in total. The largest absolute Gasteiger partial charge is 0.342 e. The third-order valence-electron chi connectivity index (χ3n) is 4.81. The lowest BCUT2D eigenvalue weighted by molar-refractivity contribution is -0.134.